The third-order valence-corrected chi connectivity index (χ3v) is 5.75. The van der Waals surface area contributed by atoms with Gasteiger partial charge in [-0.2, -0.15) is 0 Å². The van der Waals surface area contributed by atoms with Crippen molar-refractivity contribution in [1.29, 1.82) is 0 Å². The van der Waals surface area contributed by atoms with Gasteiger partial charge in [-0.25, -0.2) is 0 Å². The van der Waals surface area contributed by atoms with Gasteiger partial charge >= 0.3 is 0 Å². The summed E-state index contributed by atoms with van der Waals surface area (Å²) in [6, 6.07) is 8.38. The van der Waals surface area contributed by atoms with Gasteiger partial charge in [0, 0.05) is 24.7 Å². The molecular formula is C22H34N4OS. The third-order valence-electron chi connectivity index (χ3n) is 5.38. The van der Waals surface area contributed by atoms with Crippen molar-refractivity contribution < 1.29 is 0 Å². The van der Waals surface area contributed by atoms with Crippen LogP contribution in [0.5, 0.6) is 0 Å². The molecule has 0 saturated carbocycles. The number of thiocarbonyl (C=S) groups is 1. The second-order valence-electron chi connectivity index (χ2n) is 7.37. The molecule has 1 aromatic carbocycles. The van der Waals surface area contributed by atoms with E-state index in [1.165, 1.54) is 0 Å². The Bertz CT molecular complexity index is 844. The van der Waals surface area contributed by atoms with Crippen molar-refractivity contribution in [3.05, 3.63) is 45.7 Å². The molecule has 6 heteroatoms. The predicted molar refractivity (Wildman–Crippen MR) is 123 cm³/mol. The first-order valence-electron chi connectivity index (χ1n) is 10.3. The number of hydrogen-bond acceptors (Lipinski definition) is 3. The lowest BCUT2D eigenvalue weighted by atomic mass is 10.1. The first-order valence-corrected chi connectivity index (χ1v) is 10.7. The maximum Gasteiger partial charge on any atom is 0.253 e. The van der Waals surface area contributed by atoms with Crippen LogP contribution in [0.15, 0.2) is 29.1 Å². The van der Waals surface area contributed by atoms with Crippen LogP contribution in [0.2, 0.25) is 0 Å². The summed E-state index contributed by atoms with van der Waals surface area (Å²) in [4.78, 5) is 20.3. The van der Waals surface area contributed by atoms with Crippen LogP contribution >= 0.6 is 12.2 Å². The molecule has 5 nitrogen and oxygen atoms in total. The maximum absolute atomic E-state index is 12.7. The Hall–Kier alpha value is -1.92. The number of nitrogens with one attached hydrogen (secondary N) is 2. The van der Waals surface area contributed by atoms with Crippen LogP contribution in [0.3, 0.4) is 0 Å². The molecule has 0 fully saturated rings. The molecule has 2 N–H and O–H groups in total. The van der Waals surface area contributed by atoms with Crippen LogP contribution < -0.4 is 10.9 Å². The summed E-state index contributed by atoms with van der Waals surface area (Å²) in [6.45, 7) is 14.8. The van der Waals surface area contributed by atoms with E-state index in [-0.39, 0.29) is 5.56 Å². The van der Waals surface area contributed by atoms with Gasteiger partial charge in [-0.3, -0.25) is 4.79 Å². The summed E-state index contributed by atoms with van der Waals surface area (Å²) in [5.41, 5.74) is 2.69. The highest BCUT2D eigenvalue weighted by Crippen LogP contribution is 2.16. The van der Waals surface area contributed by atoms with Crippen LogP contribution in [0.1, 0.15) is 45.2 Å². The summed E-state index contributed by atoms with van der Waals surface area (Å²) in [7, 11) is 0. The summed E-state index contributed by atoms with van der Waals surface area (Å²) in [5.74, 6) is 0. The van der Waals surface area contributed by atoms with Gasteiger partial charge in [-0.1, -0.05) is 39.0 Å². The number of aryl methyl sites for hydroxylation is 1. The molecule has 0 aliphatic rings. The number of likely N-dealkylation sites (N-methyl/N-ethyl adjacent to an activating group) is 1. The number of H-pyrrole nitrogens is 1. The largest absolute Gasteiger partial charge is 0.360 e. The van der Waals surface area contributed by atoms with E-state index in [9.17, 15) is 4.79 Å². The molecule has 0 radical (unpaired) electrons. The van der Waals surface area contributed by atoms with Crippen molar-refractivity contribution in [2.45, 2.75) is 53.6 Å². The Balaban J connectivity index is 2.27. The average Bonchev–Trinajstić information content (AvgIpc) is 2.68. The van der Waals surface area contributed by atoms with Crippen molar-refractivity contribution in [2.75, 3.05) is 26.2 Å². The Kier molecular flexibility index (Phi) is 8.45. The molecular weight excluding hydrogens is 368 g/mol. The fourth-order valence-corrected chi connectivity index (χ4v) is 3.57. The first kappa shape index (κ1) is 22.4. The number of hydrogen-bond donors (Lipinski definition) is 2. The Morgan fingerprint density at radius 1 is 1.21 bits per heavy atom. The minimum absolute atomic E-state index is 0.0408. The van der Waals surface area contributed by atoms with Gasteiger partial charge in [-0.05, 0) is 62.6 Å². The van der Waals surface area contributed by atoms with E-state index >= 15 is 0 Å². The molecule has 2 aromatic rings. The van der Waals surface area contributed by atoms with Gasteiger partial charge < -0.3 is 20.1 Å². The fourth-order valence-electron chi connectivity index (χ4n) is 3.21. The molecule has 0 saturated heterocycles. The first-order chi connectivity index (χ1) is 13.4. The summed E-state index contributed by atoms with van der Waals surface area (Å²) >= 11 is 5.69. The molecule has 1 atom stereocenters. The van der Waals surface area contributed by atoms with Crippen LogP contribution in [-0.4, -0.2) is 52.1 Å². The number of nitrogens with zero attached hydrogens (tertiary/aromatic N) is 2. The van der Waals surface area contributed by atoms with E-state index in [2.05, 4.69) is 47.8 Å². The molecule has 0 amide bonds. The van der Waals surface area contributed by atoms with E-state index in [0.717, 1.165) is 54.6 Å². The lowest BCUT2D eigenvalue weighted by molar-refractivity contribution is 0.262. The smallest absolute Gasteiger partial charge is 0.253 e. The third kappa shape index (κ3) is 5.79. The van der Waals surface area contributed by atoms with Crippen molar-refractivity contribution in [1.82, 2.24) is 20.1 Å². The van der Waals surface area contributed by atoms with Crippen molar-refractivity contribution in [3.8, 4) is 0 Å². The molecule has 0 spiro atoms. The zero-order valence-corrected chi connectivity index (χ0v) is 18.7. The van der Waals surface area contributed by atoms with E-state index < -0.39 is 0 Å². The Labute approximate surface area is 174 Å². The number of rotatable bonds is 9. The van der Waals surface area contributed by atoms with Gasteiger partial charge in [0.25, 0.3) is 5.56 Å². The van der Waals surface area contributed by atoms with Crippen LogP contribution in [0.4, 0.5) is 0 Å². The highest BCUT2D eigenvalue weighted by Gasteiger charge is 2.16. The molecule has 0 aliphatic carbocycles. The highest BCUT2D eigenvalue weighted by molar-refractivity contribution is 7.80. The molecule has 0 aliphatic heterocycles. The normalized spacial score (nSPS) is 12.4. The maximum atomic E-state index is 12.7. The minimum Gasteiger partial charge on any atom is -0.360 e. The molecule has 154 valence electrons. The zero-order valence-electron chi connectivity index (χ0n) is 17.8. The molecule has 1 unspecified atom stereocenters. The van der Waals surface area contributed by atoms with E-state index in [1.807, 2.05) is 31.2 Å². The standard InChI is InChI=1S/C22H34N4OS/c1-6-17(5)23-22(28)26(13-12-25(7-2)8-3)15-19-14-18-11-9-10-16(4)20(18)24-21(19)27/h9-11,14,17H,6-8,12-13,15H2,1-5H3,(H,23,28)(H,24,27). The number of benzene rings is 1. The lowest BCUT2D eigenvalue weighted by Gasteiger charge is -2.30. The quantitative estimate of drug-likeness (QED) is 0.627. The van der Waals surface area contributed by atoms with Crippen molar-refractivity contribution >= 4 is 28.2 Å². The zero-order chi connectivity index (χ0) is 20.7. The SMILES string of the molecule is CCC(C)NC(=S)N(CCN(CC)CC)Cc1cc2cccc(C)c2[nH]c1=O. The van der Waals surface area contributed by atoms with Gasteiger partial charge in [0.1, 0.15) is 0 Å². The summed E-state index contributed by atoms with van der Waals surface area (Å²) in [5, 5.41) is 5.17. The molecule has 1 heterocycles. The van der Waals surface area contributed by atoms with Gasteiger partial charge in [0.05, 0.1) is 12.1 Å². The summed E-state index contributed by atoms with van der Waals surface area (Å²) in [6.07, 6.45) is 1.000. The van der Waals surface area contributed by atoms with E-state index in [4.69, 9.17) is 12.2 Å². The van der Waals surface area contributed by atoms with E-state index in [1.54, 1.807) is 0 Å². The number of fused-ring (bicyclic) bond motifs is 1. The van der Waals surface area contributed by atoms with Crippen molar-refractivity contribution in [2.24, 2.45) is 0 Å². The Morgan fingerprint density at radius 3 is 2.57 bits per heavy atom. The van der Waals surface area contributed by atoms with Crippen molar-refractivity contribution in [3.63, 3.8) is 0 Å². The average molecular weight is 403 g/mol. The topological polar surface area (TPSA) is 51.4 Å². The molecule has 1 aromatic heterocycles. The number of aromatic amines is 1. The second kappa shape index (κ2) is 10.6. The number of pyridine rings is 1. The Morgan fingerprint density at radius 2 is 1.93 bits per heavy atom. The van der Waals surface area contributed by atoms with Crippen LogP contribution in [-0.2, 0) is 6.54 Å². The molecule has 28 heavy (non-hydrogen) atoms. The fraction of sp³-hybridized carbons (Fsp3) is 0.545. The monoisotopic (exact) mass is 402 g/mol. The lowest BCUT2D eigenvalue weighted by Crippen LogP contribution is -2.46. The molecule has 0 bridgehead atoms. The highest BCUT2D eigenvalue weighted by atomic mass is 32.1. The predicted octanol–water partition coefficient (Wildman–Crippen LogP) is 3.65. The second-order valence-corrected chi connectivity index (χ2v) is 7.76. The minimum atomic E-state index is -0.0408. The number of aromatic nitrogens is 1. The van der Waals surface area contributed by atoms with Crippen LogP contribution in [0.25, 0.3) is 10.9 Å². The molecule has 2 rings (SSSR count). The summed E-state index contributed by atoms with van der Waals surface area (Å²) < 4.78 is 0. The van der Waals surface area contributed by atoms with E-state index in [0.29, 0.717) is 17.7 Å². The van der Waals surface area contributed by atoms with Gasteiger partial charge in [0.2, 0.25) is 0 Å². The van der Waals surface area contributed by atoms with Gasteiger partial charge in [-0.15, -0.1) is 0 Å². The van der Waals surface area contributed by atoms with Crippen LogP contribution in [0, 0.1) is 6.92 Å². The van der Waals surface area contributed by atoms with Gasteiger partial charge in [0.15, 0.2) is 5.11 Å². The number of para-hydroxylation sites is 1.